The number of carboxylic acids is 1. The van der Waals surface area contributed by atoms with Crippen LogP contribution in [0, 0.1) is 0 Å². The molecule has 1 saturated carbocycles. The lowest BCUT2D eigenvalue weighted by molar-refractivity contribution is 0.0696. The van der Waals surface area contributed by atoms with Crippen molar-refractivity contribution in [3.05, 3.63) is 29.3 Å². The van der Waals surface area contributed by atoms with Crippen LogP contribution in [0.2, 0.25) is 0 Å². The zero-order valence-electron chi connectivity index (χ0n) is 7.03. The van der Waals surface area contributed by atoms with Gasteiger partial charge in [0.15, 0.2) is 0 Å². The maximum absolute atomic E-state index is 10.5. The van der Waals surface area contributed by atoms with Gasteiger partial charge in [0.1, 0.15) is 5.75 Å². The molecule has 0 radical (unpaired) electrons. The molecule has 3 heteroatoms. The Hall–Kier alpha value is -1.51. The number of rotatable bonds is 2. The minimum Gasteiger partial charge on any atom is -0.508 e. The molecule has 0 heterocycles. The number of hydrogen-bond donors (Lipinski definition) is 2. The number of carboxylic acid groups (broad SMARTS) is 1. The minimum atomic E-state index is -1.00. The summed E-state index contributed by atoms with van der Waals surface area (Å²) < 4.78 is 0. The molecule has 1 fully saturated rings. The summed E-state index contributed by atoms with van der Waals surface area (Å²) in [6.45, 7) is 0. The Balaban J connectivity index is 2.36. The fourth-order valence-corrected chi connectivity index (χ4v) is 1.42. The Kier molecular flexibility index (Phi) is 1.72. The molecule has 0 aliphatic heterocycles. The predicted molar refractivity (Wildman–Crippen MR) is 47.0 cm³/mol. The molecule has 0 saturated heterocycles. The Labute approximate surface area is 75.6 Å². The lowest BCUT2D eigenvalue weighted by Gasteiger charge is -2.02. The second-order valence-corrected chi connectivity index (χ2v) is 3.35. The second kappa shape index (κ2) is 2.76. The number of aromatic carboxylic acids is 1. The number of carbonyl (C=O) groups is 1. The van der Waals surface area contributed by atoms with E-state index in [9.17, 15) is 9.90 Å². The van der Waals surface area contributed by atoms with Crippen molar-refractivity contribution >= 4 is 5.97 Å². The molecular weight excluding hydrogens is 168 g/mol. The highest BCUT2D eigenvalue weighted by atomic mass is 16.4. The first-order chi connectivity index (χ1) is 6.18. The Bertz CT molecular complexity index is 353. The first-order valence-electron chi connectivity index (χ1n) is 4.24. The highest BCUT2D eigenvalue weighted by molar-refractivity contribution is 5.88. The van der Waals surface area contributed by atoms with Crippen molar-refractivity contribution in [1.29, 1.82) is 0 Å². The van der Waals surface area contributed by atoms with Gasteiger partial charge >= 0.3 is 5.97 Å². The highest BCUT2D eigenvalue weighted by Crippen LogP contribution is 2.43. The third kappa shape index (κ3) is 1.49. The highest BCUT2D eigenvalue weighted by Gasteiger charge is 2.26. The summed E-state index contributed by atoms with van der Waals surface area (Å²) in [5.74, 6) is -0.442. The van der Waals surface area contributed by atoms with E-state index in [0.717, 1.165) is 18.4 Å². The average Bonchev–Trinajstić information content (AvgIpc) is 2.87. The van der Waals surface area contributed by atoms with Crippen LogP contribution >= 0.6 is 0 Å². The number of benzene rings is 1. The summed E-state index contributed by atoms with van der Waals surface area (Å²) in [6, 6.07) is 4.56. The molecule has 3 nitrogen and oxygen atoms in total. The molecule has 2 rings (SSSR count). The van der Waals surface area contributed by atoms with Gasteiger partial charge in [0.2, 0.25) is 0 Å². The van der Waals surface area contributed by atoms with Gasteiger partial charge in [-0.2, -0.15) is 0 Å². The zero-order chi connectivity index (χ0) is 9.42. The van der Waals surface area contributed by atoms with E-state index >= 15 is 0 Å². The van der Waals surface area contributed by atoms with Crippen LogP contribution in [0.25, 0.3) is 0 Å². The van der Waals surface area contributed by atoms with E-state index in [0.29, 0.717) is 5.92 Å². The van der Waals surface area contributed by atoms with Gasteiger partial charge in [-0.25, -0.2) is 4.79 Å². The first kappa shape index (κ1) is 8.10. The molecule has 0 unspecified atom stereocenters. The summed E-state index contributed by atoms with van der Waals surface area (Å²) in [7, 11) is 0. The fraction of sp³-hybridized carbons (Fsp3) is 0.300. The van der Waals surface area contributed by atoms with E-state index in [1.807, 2.05) is 0 Å². The van der Waals surface area contributed by atoms with Gasteiger partial charge in [0.25, 0.3) is 0 Å². The molecule has 0 aromatic heterocycles. The molecule has 0 spiro atoms. The van der Waals surface area contributed by atoms with Gasteiger partial charge < -0.3 is 10.2 Å². The van der Waals surface area contributed by atoms with E-state index in [1.165, 1.54) is 12.1 Å². The van der Waals surface area contributed by atoms with Crippen LogP contribution in [0.4, 0.5) is 0 Å². The number of aromatic hydroxyl groups is 1. The molecule has 0 atom stereocenters. The monoisotopic (exact) mass is 178 g/mol. The summed E-state index contributed by atoms with van der Waals surface area (Å²) in [4.78, 5) is 10.5. The minimum absolute atomic E-state index is 0.113. The standard InChI is InChI=1S/C10H10O3/c11-9-5-7(10(12)13)3-4-8(9)6-1-2-6/h3-6,11H,1-2H2,(H,12,13). The number of phenolic OH excluding ortho intramolecular Hbond substituents is 1. The third-order valence-corrected chi connectivity index (χ3v) is 2.29. The SMILES string of the molecule is O=C(O)c1ccc(C2CC2)c(O)c1. The van der Waals surface area contributed by atoms with Crippen molar-refractivity contribution in [1.82, 2.24) is 0 Å². The Morgan fingerprint density at radius 1 is 1.38 bits per heavy atom. The number of hydrogen-bond acceptors (Lipinski definition) is 2. The topological polar surface area (TPSA) is 57.5 Å². The van der Waals surface area contributed by atoms with Crippen molar-refractivity contribution in [3.8, 4) is 5.75 Å². The molecule has 2 N–H and O–H groups in total. The largest absolute Gasteiger partial charge is 0.508 e. The zero-order valence-corrected chi connectivity index (χ0v) is 7.03. The average molecular weight is 178 g/mol. The maximum Gasteiger partial charge on any atom is 0.335 e. The summed E-state index contributed by atoms with van der Waals surface area (Å²) in [6.07, 6.45) is 2.19. The third-order valence-electron chi connectivity index (χ3n) is 2.29. The molecule has 0 bridgehead atoms. The predicted octanol–water partition coefficient (Wildman–Crippen LogP) is 1.97. The van der Waals surface area contributed by atoms with Gasteiger partial charge in [-0.1, -0.05) is 6.07 Å². The summed E-state index contributed by atoms with van der Waals surface area (Å²) >= 11 is 0. The van der Waals surface area contributed by atoms with Crippen molar-refractivity contribution in [3.63, 3.8) is 0 Å². The van der Waals surface area contributed by atoms with Gasteiger partial charge in [-0.15, -0.1) is 0 Å². The van der Waals surface area contributed by atoms with Gasteiger partial charge in [0.05, 0.1) is 5.56 Å². The second-order valence-electron chi connectivity index (χ2n) is 3.35. The van der Waals surface area contributed by atoms with Crippen LogP contribution in [0.3, 0.4) is 0 Å². The first-order valence-corrected chi connectivity index (χ1v) is 4.24. The normalized spacial score (nSPS) is 15.7. The van der Waals surface area contributed by atoms with Crippen molar-refractivity contribution in [2.45, 2.75) is 18.8 Å². The molecule has 13 heavy (non-hydrogen) atoms. The van der Waals surface area contributed by atoms with Crippen LogP contribution < -0.4 is 0 Å². The van der Waals surface area contributed by atoms with E-state index in [-0.39, 0.29) is 11.3 Å². The van der Waals surface area contributed by atoms with E-state index < -0.39 is 5.97 Å². The van der Waals surface area contributed by atoms with Crippen LogP contribution in [-0.2, 0) is 0 Å². The van der Waals surface area contributed by atoms with Crippen LogP contribution in [0.1, 0.15) is 34.7 Å². The van der Waals surface area contributed by atoms with E-state index in [4.69, 9.17) is 5.11 Å². The van der Waals surface area contributed by atoms with Crippen LogP contribution in [-0.4, -0.2) is 16.2 Å². The molecule has 1 aliphatic carbocycles. The number of phenols is 1. The Morgan fingerprint density at radius 3 is 2.54 bits per heavy atom. The van der Waals surface area contributed by atoms with Crippen molar-refractivity contribution < 1.29 is 15.0 Å². The van der Waals surface area contributed by atoms with Gasteiger partial charge in [-0.05, 0) is 36.5 Å². The fourth-order valence-electron chi connectivity index (χ4n) is 1.42. The molecular formula is C10H10O3. The summed E-state index contributed by atoms with van der Waals surface area (Å²) in [5.41, 5.74) is 1.02. The van der Waals surface area contributed by atoms with Crippen LogP contribution in [0.5, 0.6) is 5.75 Å². The lowest BCUT2D eigenvalue weighted by atomic mass is 10.1. The molecule has 1 aliphatic rings. The Morgan fingerprint density at radius 2 is 2.08 bits per heavy atom. The molecule has 1 aromatic carbocycles. The lowest BCUT2D eigenvalue weighted by Crippen LogP contribution is -1.96. The summed E-state index contributed by atoms with van der Waals surface area (Å²) in [5, 5.41) is 18.1. The smallest absolute Gasteiger partial charge is 0.335 e. The van der Waals surface area contributed by atoms with Crippen molar-refractivity contribution in [2.24, 2.45) is 0 Å². The van der Waals surface area contributed by atoms with Gasteiger partial charge in [-0.3, -0.25) is 0 Å². The van der Waals surface area contributed by atoms with E-state index in [2.05, 4.69) is 0 Å². The van der Waals surface area contributed by atoms with Gasteiger partial charge in [0, 0.05) is 0 Å². The molecule has 68 valence electrons. The molecule has 1 aromatic rings. The van der Waals surface area contributed by atoms with E-state index in [1.54, 1.807) is 6.07 Å². The van der Waals surface area contributed by atoms with Crippen molar-refractivity contribution in [2.75, 3.05) is 0 Å². The molecule has 0 amide bonds. The quantitative estimate of drug-likeness (QED) is 0.727. The van der Waals surface area contributed by atoms with Crippen LogP contribution in [0.15, 0.2) is 18.2 Å². The maximum atomic E-state index is 10.5.